The first-order valence-corrected chi connectivity index (χ1v) is 6.70. The van der Waals surface area contributed by atoms with Crippen LogP contribution in [0.5, 0.6) is 5.88 Å². The molecule has 1 rings (SSSR count). The molecular weight excluding hydrogens is 226 g/mol. The first-order valence-electron chi connectivity index (χ1n) is 6.70. The Bertz CT molecular complexity index is 347. The van der Waals surface area contributed by atoms with Crippen LogP contribution in [0.15, 0.2) is 12.4 Å². The minimum atomic E-state index is 0.0830. The predicted molar refractivity (Wildman–Crippen MR) is 73.6 cm³/mol. The van der Waals surface area contributed by atoms with Crippen molar-refractivity contribution < 1.29 is 4.74 Å². The van der Waals surface area contributed by atoms with Gasteiger partial charge in [0.1, 0.15) is 0 Å². The standard InChI is InChI=1S/C14H25N3O/c1-5-6-7-8-18-13-11-15-9-12(17-13)10-16-14(2,3)4/h9,11,16H,5-8,10H2,1-4H3. The van der Waals surface area contributed by atoms with E-state index in [1.165, 1.54) is 12.8 Å². The van der Waals surface area contributed by atoms with Crippen LogP contribution in [-0.4, -0.2) is 22.1 Å². The van der Waals surface area contributed by atoms with E-state index in [0.29, 0.717) is 12.4 Å². The average molecular weight is 251 g/mol. The van der Waals surface area contributed by atoms with Crippen molar-refractivity contribution in [1.82, 2.24) is 15.3 Å². The van der Waals surface area contributed by atoms with Crippen molar-refractivity contribution in [1.29, 1.82) is 0 Å². The van der Waals surface area contributed by atoms with Gasteiger partial charge in [-0.05, 0) is 27.2 Å². The Hall–Kier alpha value is -1.16. The van der Waals surface area contributed by atoms with Crippen molar-refractivity contribution in [3.8, 4) is 5.88 Å². The molecule has 0 radical (unpaired) electrons. The topological polar surface area (TPSA) is 47.0 Å². The molecule has 1 aromatic rings. The molecule has 0 aliphatic heterocycles. The van der Waals surface area contributed by atoms with E-state index in [1.54, 1.807) is 12.4 Å². The number of rotatable bonds is 7. The zero-order valence-electron chi connectivity index (χ0n) is 12.0. The predicted octanol–water partition coefficient (Wildman–Crippen LogP) is 2.93. The Kier molecular flexibility index (Phi) is 6.05. The molecule has 0 saturated carbocycles. The zero-order chi connectivity index (χ0) is 13.4. The summed E-state index contributed by atoms with van der Waals surface area (Å²) >= 11 is 0. The molecule has 0 spiro atoms. The Morgan fingerprint density at radius 3 is 2.67 bits per heavy atom. The van der Waals surface area contributed by atoms with Crippen molar-refractivity contribution >= 4 is 0 Å². The largest absolute Gasteiger partial charge is 0.477 e. The molecule has 0 unspecified atom stereocenters. The highest BCUT2D eigenvalue weighted by Crippen LogP contribution is 2.08. The Morgan fingerprint density at radius 1 is 1.22 bits per heavy atom. The van der Waals surface area contributed by atoms with Gasteiger partial charge in [-0.25, -0.2) is 4.98 Å². The maximum atomic E-state index is 5.58. The minimum absolute atomic E-state index is 0.0830. The normalized spacial score (nSPS) is 11.6. The Labute approximate surface area is 110 Å². The van der Waals surface area contributed by atoms with Crippen LogP contribution in [0.2, 0.25) is 0 Å². The highest BCUT2D eigenvalue weighted by atomic mass is 16.5. The number of aromatic nitrogens is 2. The van der Waals surface area contributed by atoms with E-state index in [-0.39, 0.29) is 5.54 Å². The van der Waals surface area contributed by atoms with Gasteiger partial charge in [0, 0.05) is 18.3 Å². The summed E-state index contributed by atoms with van der Waals surface area (Å²) in [6, 6.07) is 0. The third-order valence-corrected chi connectivity index (χ3v) is 2.46. The number of unbranched alkanes of at least 4 members (excludes halogenated alkanes) is 2. The smallest absolute Gasteiger partial charge is 0.232 e. The summed E-state index contributed by atoms with van der Waals surface area (Å²) in [6.07, 6.45) is 6.91. The molecule has 18 heavy (non-hydrogen) atoms. The SMILES string of the molecule is CCCCCOc1cncc(CNC(C)(C)C)n1. The van der Waals surface area contributed by atoms with Crippen molar-refractivity contribution in [2.24, 2.45) is 0 Å². The van der Waals surface area contributed by atoms with Gasteiger partial charge in [-0.1, -0.05) is 19.8 Å². The van der Waals surface area contributed by atoms with Crippen LogP contribution < -0.4 is 10.1 Å². The molecule has 102 valence electrons. The summed E-state index contributed by atoms with van der Waals surface area (Å²) < 4.78 is 5.58. The first-order chi connectivity index (χ1) is 8.51. The zero-order valence-corrected chi connectivity index (χ0v) is 12.0. The van der Waals surface area contributed by atoms with Gasteiger partial charge < -0.3 is 10.1 Å². The van der Waals surface area contributed by atoms with Gasteiger partial charge in [-0.15, -0.1) is 0 Å². The summed E-state index contributed by atoms with van der Waals surface area (Å²) in [5, 5.41) is 3.38. The summed E-state index contributed by atoms with van der Waals surface area (Å²) in [5.41, 5.74) is 0.998. The quantitative estimate of drug-likeness (QED) is 0.757. The highest BCUT2D eigenvalue weighted by Gasteiger charge is 2.09. The fourth-order valence-electron chi connectivity index (χ4n) is 1.43. The van der Waals surface area contributed by atoms with E-state index in [4.69, 9.17) is 4.74 Å². The van der Waals surface area contributed by atoms with E-state index >= 15 is 0 Å². The van der Waals surface area contributed by atoms with Crippen LogP contribution in [0.25, 0.3) is 0 Å². The highest BCUT2D eigenvalue weighted by molar-refractivity contribution is 5.08. The maximum Gasteiger partial charge on any atom is 0.232 e. The number of nitrogens with one attached hydrogen (secondary N) is 1. The molecule has 0 aliphatic carbocycles. The van der Waals surface area contributed by atoms with Gasteiger partial charge in [-0.3, -0.25) is 4.98 Å². The lowest BCUT2D eigenvalue weighted by atomic mass is 10.1. The second kappa shape index (κ2) is 7.31. The monoisotopic (exact) mass is 251 g/mol. The first kappa shape index (κ1) is 14.9. The van der Waals surface area contributed by atoms with Crippen LogP contribution in [0.4, 0.5) is 0 Å². The Balaban J connectivity index is 2.41. The second-order valence-electron chi connectivity index (χ2n) is 5.51. The lowest BCUT2D eigenvalue weighted by molar-refractivity contribution is 0.292. The fourth-order valence-corrected chi connectivity index (χ4v) is 1.43. The summed E-state index contributed by atoms with van der Waals surface area (Å²) in [6.45, 7) is 10.0. The summed E-state index contributed by atoms with van der Waals surface area (Å²) in [7, 11) is 0. The van der Waals surface area contributed by atoms with E-state index in [1.807, 2.05) is 0 Å². The molecule has 0 fully saturated rings. The van der Waals surface area contributed by atoms with Crippen LogP contribution in [0, 0.1) is 0 Å². The molecular formula is C14H25N3O. The summed E-state index contributed by atoms with van der Waals surface area (Å²) in [5.74, 6) is 0.624. The molecule has 1 N–H and O–H groups in total. The Morgan fingerprint density at radius 2 is 2.00 bits per heavy atom. The number of hydrogen-bond donors (Lipinski definition) is 1. The molecule has 0 aliphatic rings. The second-order valence-corrected chi connectivity index (χ2v) is 5.51. The fraction of sp³-hybridized carbons (Fsp3) is 0.714. The van der Waals surface area contributed by atoms with E-state index in [9.17, 15) is 0 Å². The lowest BCUT2D eigenvalue weighted by Crippen LogP contribution is -2.35. The number of nitrogens with zero attached hydrogens (tertiary/aromatic N) is 2. The number of hydrogen-bond acceptors (Lipinski definition) is 4. The van der Waals surface area contributed by atoms with Crippen LogP contribution in [0.1, 0.15) is 52.7 Å². The van der Waals surface area contributed by atoms with Crippen LogP contribution >= 0.6 is 0 Å². The van der Waals surface area contributed by atoms with Gasteiger partial charge in [0.05, 0.1) is 18.5 Å². The summed E-state index contributed by atoms with van der Waals surface area (Å²) in [4.78, 5) is 8.58. The van der Waals surface area contributed by atoms with Gasteiger partial charge >= 0.3 is 0 Å². The molecule has 0 bridgehead atoms. The third kappa shape index (κ3) is 6.55. The van der Waals surface area contributed by atoms with Crippen molar-refractivity contribution in [2.75, 3.05) is 6.61 Å². The molecule has 0 amide bonds. The van der Waals surface area contributed by atoms with Crippen molar-refractivity contribution in [3.63, 3.8) is 0 Å². The van der Waals surface area contributed by atoms with Gasteiger partial charge in [0.15, 0.2) is 0 Å². The molecule has 0 saturated heterocycles. The van der Waals surface area contributed by atoms with Gasteiger partial charge in [-0.2, -0.15) is 0 Å². The minimum Gasteiger partial charge on any atom is -0.477 e. The molecule has 4 nitrogen and oxygen atoms in total. The molecule has 1 heterocycles. The van der Waals surface area contributed by atoms with E-state index in [2.05, 4.69) is 43.0 Å². The van der Waals surface area contributed by atoms with Crippen LogP contribution in [-0.2, 0) is 6.54 Å². The molecule has 1 aromatic heterocycles. The van der Waals surface area contributed by atoms with Crippen molar-refractivity contribution in [2.45, 2.75) is 59.0 Å². The van der Waals surface area contributed by atoms with Crippen molar-refractivity contribution in [3.05, 3.63) is 18.1 Å². The third-order valence-electron chi connectivity index (χ3n) is 2.46. The van der Waals surface area contributed by atoms with Gasteiger partial charge in [0.25, 0.3) is 0 Å². The molecule has 0 aromatic carbocycles. The number of ether oxygens (including phenoxy) is 1. The van der Waals surface area contributed by atoms with E-state index < -0.39 is 0 Å². The molecule has 0 atom stereocenters. The lowest BCUT2D eigenvalue weighted by Gasteiger charge is -2.20. The molecule has 4 heteroatoms. The van der Waals surface area contributed by atoms with E-state index in [0.717, 1.165) is 18.7 Å². The average Bonchev–Trinajstić information content (AvgIpc) is 2.32. The maximum absolute atomic E-state index is 5.58. The van der Waals surface area contributed by atoms with Gasteiger partial charge in [0.2, 0.25) is 5.88 Å². The van der Waals surface area contributed by atoms with Crippen LogP contribution in [0.3, 0.4) is 0 Å².